The van der Waals surface area contributed by atoms with Gasteiger partial charge in [-0.2, -0.15) is 0 Å². The minimum atomic E-state index is -0.623. The van der Waals surface area contributed by atoms with E-state index in [4.69, 9.17) is 5.11 Å². The van der Waals surface area contributed by atoms with E-state index in [0.29, 0.717) is 25.7 Å². The van der Waals surface area contributed by atoms with Crippen molar-refractivity contribution in [3.63, 3.8) is 0 Å². The van der Waals surface area contributed by atoms with Gasteiger partial charge in [0.2, 0.25) is 0 Å². The average molecular weight is 228 g/mol. The second kappa shape index (κ2) is 8.16. The van der Waals surface area contributed by atoms with Gasteiger partial charge in [0, 0.05) is 19.4 Å². The van der Waals surface area contributed by atoms with Gasteiger partial charge in [-0.1, -0.05) is 0 Å². The van der Waals surface area contributed by atoms with Crippen molar-refractivity contribution in [3.05, 3.63) is 0 Å². The van der Waals surface area contributed by atoms with E-state index in [9.17, 15) is 14.4 Å². The van der Waals surface area contributed by atoms with E-state index in [2.05, 4.69) is 0 Å². The SMILES string of the molecule is CC(=O)C(CCC(=O)CCCCO)C(C)=O. The van der Waals surface area contributed by atoms with Crippen molar-refractivity contribution in [1.29, 1.82) is 0 Å². The van der Waals surface area contributed by atoms with Crippen LogP contribution in [0.5, 0.6) is 0 Å². The Morgan fingerprint density at radius 3 is 2.00 bits per heavy atom. The second-order valence-corrected chi connectivity index (χ2v) is 4.03. The maximum Gasteiger partial charge on any atom is 0.140 e. The third-order valence-electron chi connectivity index (χ3n) is 2.56. The van der Waals surface area contributed by atoms with E-state index in [1.165, 1.54) is 13.8 Å². The summed E-state index contributed by atoms with van der Waals surface area (Å²) in [5.74, 6) is -0.908. The lowest BCUT2D eigenvalue weighted by molar-refractivity contribution is -0.130. The summed E-state index contributed by atoms with van der Waals surface area (Å²) in [7, 11) is 0. The standard InChI is InChI=1S/C12H20O4/c1-9(14)12(10(2)15)7-6-11(16)5-3-4-8-13/h12-13H,3-8H2,1-2H3. The largest absolute Gasteiger partial charge is 0.396 e. The van der Waals surface area contributed by atoms with Crippen LogP contribution in [-0.4, -0.2) is 29.1 Å². The molecule has 0 spiro atoms. The number of unbranched alkanes of at least 4 members (excludes halogenated alkanes) is 1. The zero-order valence-corrected chi connectivity index (χ0v) is 9.99. The molecule has 0 aliphatic heterocycles. The molecule has 0 bridgehead atoms. The highest BCUT2D eigenvalue weighted by atomic mass is 16.3. The molecule has 4 nitrogen and oxygen atoms in total. The summed E-state index contributed by atoms with van der Waals surface area (Å²) in [5, 5.41) is 8.54. The van der Waals surface area contributed by atoms with Crippen molar-refractivity contribution in [3.8, 4) is 0 Å². The molecule has 0 amide bonds. The first kappa shape index (κ1) is 15.0. The van der Waals surface area contributed by atoms with Gasteiger partial charge < -0.3 is 5.11 Å². The fourth-order valence-corrected chi connectivity index (χ4v) is 1.56. The molecule has 0 aromatic carbocycles. The summed E-state index contributed by atoms with van der Waals surface area (Å²) >= 11 is 0. The van der Waals surface area contributed by atoms with Crippen LogP contribution in [0.2, 0.25) is 0 Å². The Morgan fingerprint density at radius 2 is 1.56 bits per heavy atom. The number of Topliss-reactive ketones (excluding diaryl/α,β-unsaturated/α-hetero) is 3. The molecule has 0 unspecified atom stereocenters. The zero-order chi connectivity index (χ0) is 12.6. The number of carbonyl (C=O) groups is 3. The number of ketones is 3. The Bertz CT molecular complexity index is 244. The molecule has 0 aromatic rings. The van der Waals surface area contributed by atoms with E-state index >= 15 is 0 Å². The first-order valence-corrected chi connectivity index (χ1v) is 5.62. The van der Waals surface area contributed by atoms with Gasteiger partial charge >= 0.3 is 0 Å². The van der Waals surface area contributed by atoms with Crippen molar-refractivity contribution in [1.82, 2.24) is 0 Å². The van der Waals surface area contributed by atoms with Crippen molar-refractivity contribution < 1.29 is 19.5 Å². The molecule has 4 heteroatoms. The minimum Gasteiger partial charge on any atom is -0.396 e. The van der Waals surface area contributed by atoms with E-state index in [1.54, 1.807) is 0 Å². The highest BCUT2D eigenvalue weighted by Gasteiger charge is 2.20. The van der Waals surface area contributed by atoms with Crippen LogP contribution >= 0.6 is 0 Å². The molecule has 16 heavy (non-hydrogen) atoms. The minimum absolute atomic E-state index is 0.0564. The predicted molar refractivity (Wildman–Crippen MR) is 60.0 cm³/mol. The highest BCUT2D eigenvalue weighted by Crippen LogP contribution is 2.11. The van der Waals surface area contributed by atoms with E-state index in [0.717, 1.165) is 0 Å². The molecule has 1 N–H and O–H groups in total. The van der Waals surface area contributed by atoms with Gasteiger partial charge in [-0.25, -0.2) is 0 Å². The van der Waals surface area contributed by atoms with Gasteiger partial charge in [0.1, 0.15) is 17.3 Å². The fourth-order valence-electron chi connectivity index (χ4n) is 1.56. The van der Waals surface area contributed by atoms with Gasteiger partial charge in [-0.3, -0.25) is 14.4 Å². The van der Waals surface area contributed by atoms with Crippen LogP contribution in [0.1, 0.15) is 46.0 Å². The Morgan fingerprint density at radius 1 is 1.00 bits per heavy atom. The molecule has 0 heterocycles. The lowest BCUT2D eigenvalue weighted by Gasteiger charge is -2.08. The van der Waals surface area contributed by atoms with Crippen LogP contribution in [0.15, 0.2) is 0 Å². The Balaban J connectivity index is 3.88. The Kier molecular flexibility index (Phi) is 7.64. The number of carbonyl (C=O) groups excluding carboxylic acids is 3. The van der Waals surface area contributed by atoms with Crippen LogP contribution in [-0.2, 0) is 14.4 Å². The van der Waals surface area contributed by atoms with Crippen molar-refractivity contribution in [2.24, 2.45) is 5.92 Å². The van der Waals surface area contributed by atoms with E-state index in [1.807, 2.05) is 0 Å². The molecule has 0 aliphatic rings. The topological polar surface area (TPSA) is 71.4 Å². The lowest BCUT2D eigenvalue weighted by Crippen LogP contribution is -2.20. The molecule has 0 radical (unpaired) electrons. The van der Waals surface area contributed by atoms with Crippen LogP contribution in [0.3, 0.4) is 0 Å². The highest BCUT2D eigenvalue weighted by molar-refractivity contribution is 6.00. The summed E-state index contributed by atoms with van der Waals surface area (Å²) in [6.07, 6.45) is 2.30. The molecule has 92 valence electrons. The second-order valence-electron chi connectivity index (χ2n) is 4.03. The number of hydrogen-bond acceptors (Lipinski definition) is 4. The first-order valence-electron chi connectivity index (χ1n) is 5.62. The summed E-state index contributed by atoms with van der Waals surface area (Å²) in [4.78, 5) is 33.5. The van der Waals surface area contributed by atoms with Gasteiger partial charge in [0.25, 0.3) is 0 Å². The van der Waals surface area contributed by atoms with Crippen LogP contribution < -0.4 is 0 Å². The molecular formula is C12H20O4. The van der Waals surface area contributed by atoms with Crippen molar-refractivity contribution >= 4 is 17.3 Å². The summed E-state index contributed by atoms with van der Waals surface area (Å²) < 4.78 is 0. The molecule has 0 aliphatic carbocycles. The smallest absolute Gasteiger partial charge is 0.140 e. The summed E-state index contributed by atoms with van der Waals surface area (Å²) in [5.41, 5.74) is 0. The molecule has 0 fully saturated rings. The van der Waals surface area contributed by atoms with Gasteiger partial charge in [-0.15, -0.1) is 0 Å². The quantitative estimate of drug-likeness (QED) is 0.477. The molecule has 0 atom stereocenters. The molecule has 0 rings (SSSR count). The predicted octanol–water partition coefficient (Wildman–Crippen LogP) is 1.29. The van der Waals surface area contributed by atoms with Crippen LogP contribution in [0.4, 0.5) is 0 Å². The van der Waals surface area contributed by atoms with Gasteiger partial charge in [0.15, 0.2) is 0 Å². The molecule has 0 saturated carbocycles. The number of rotatable bonds is 9. The molecule has 0 aromatic heterocycles. The number of hydrogen-bond donors (Lipinski definition) is 1. The van der Waals surface area contributed by atoms with E-state index < -0.39 is 5.92 Å². The van der Waals surface area contributed by atoms with Gasteiger partial charge in [0.05, 0.1) is 5.92 Å². The fraction of sp³-hybridized carbons (Fsp3) is 0.750. The maximum absolute atomic E-state index is 11.4. The number of aliphatic hydroxyl groups excluding tert-OH is 1. The summed E-state index contributed by atoms with van der Waals surface area (Å²) in [6, 6.07) is 0. The third-order valence-corrected chi connectivity index (χ3v) is 2.56. The molecule has 0 saturated heterocycles. The normalized spacial score (nSPS) is 10.5. The zero-order valence-electron chi connectivity index (χ0n) is 9.99. The van der Waals surface area contributed by atoms with Crippen molar-refractivity contribution in [2.45, 2.75) is 46.0 Å². The van der Waals surface area contributed by atoms with Crippen molar-refractivity contribution in [2.75, 3.05) is 6.61 Å². The van der Waals surface area contributed by atoms with Crippen LogP contribution in [0, 0.1) is 5.92 Å². The monoisotopic (exact) mass is 228 g/mol. The van der Waals surface area contributed by atoms with Gasteiger partial charge in [-0.05, 0) is 33.1 Å². The van der Waals surface area contributed by atoms with Crippen LogP contribution in [0.25, 0.3) is 0 Å². The molecular weight excluding hydrogens is 208 g/mol. The maximum atomic E-state index is 11.4. The number of aliphatic hydroxyl groups is 1. The first-order chi connectivity index (χ1) is 7.49. The third kappa shape index (κ3) is 6.45. The Labute approximate surface area is 96.0 Å². The van der Waals surface area contributed by atoms with E-state index in [-0.39, 0.29) is 30.4 Å². The summed E-state index contributed by atoms with van der Waals surface area (Å²) in [6.45, 7) is 2.85. The average Bonchev–Trinajstić information content (AvgIpc) is 2.17. The Hall–Kier alpha value is -1.03. The lowest BCUT2D eigenvalue weighted by atomic mass is 9.93.